The minimum atomic E-state index is 0.245. The Kier molecular flexibility index (Phi) is 3.76. The number of benzene rings is 1. The molecule has 1 heterocycles. The third-order valence-corrected chi connectivity index (χ3v) is 4.95. The van der Waals surface area contributed by atoms with Crippen LogP contribution < -0.4 is 10.2 Å². The van der Waals surface area contributed by atoms with E-state index in [0.717, 1.165) is 13.1 Å². The lowest BCUT2D eigenvalue weighted by molar-refractivity contribution is 0.284. The van der Waals surface area contributed by atoms with Crippen molar-refractivity contribution in [3.63, 3.8) is 0 Å². The summed E-state index contributed by atoms with van der Waals surface area (Å²) >= 11 is 0. The van der Waals surface area contributed by atoms with Crippen molar-refractivity contribution in [3.05, 3.63) is 29.8 Å². The summed E-state index contributed by atoms with van der Waals surface area (Å²) in [6.07, 6.45) is 5.48. The van der Waals surface area contributed by atoms with Crippen molar-refractivity contribution in [2.75, 3.05) is 18.0 Å². The Hall–Kier alpha value is -1.02. The first kappa shape index (κ1) is 13.9. The molecule has 0 radical (unpaired) electrons. The van der Waals surface area contributed by atoms with E-state index in [4.69, 9.17) is 0 Å². The third-order valence-electron chi connectivity index (χ3n) is 4.95. The van der Waals surface area contributed by atoms with Gasteiger partial charge in [-0.3, -0.25) is 0 Å². The molecule has 0 spiro atoms. The standard InChI is InChI=1S/C18H28N2/c1-18(2,3)14-8-10-15(11-9-14)20-13-12-19-16-6-4-5-7-17(16)20/h8-11,16-17,19H,4-7,12-13H2,1-3H3/t16-,17-/m1/s1. The van der Waals surface area contributed by atoms with E-state index in [0.29, 0.717) is 12.1 Å². The lowest BCUT2D eigenvalue weighted by Crippen LogP contribution is -2.59. The second-order valence-corrected chi connectivity index (χ2v) is 7.40. The largest absolute Gasteiger partial charge is 0.366 e. The fourth-order valence-electron chi connectivity index (χ4n) is 3.73. The van der Waals surface area contributed by atoms with Crippen molar-refractivity contribution >= 4 is 5.69 Å². The van der Waals surface area contributed by atoms with Crippen molar-refractivity contribution in [1.82, 2.24) is 5.32 Å². The van der Waals surface area contributed by atoms with Gasteiger partial charge in [0.05, 0.1) is 0 Å². The second-order valence-electron chi connectivity index (χ2n) is 7.40. The maximum Gasteiger partial charge on any atom is 0.0443 e. The molecule has 1 aromatic carbocycles. The quantitative estimate of drug-likeness (QED) is 0.838. The number of hydrogen-bond donors (Lipinski definition) is 1. The van der Waals surface area contributed by atoms with Gasteiger partial charge in [-0.1, -0.05) is 45.7 Å². The monoisotopic (exact) mass is 272 g/mol. The number of rotatable bonds is 1. The molecular weight excluding hydrogens is 244 g/mol. The summed E-state index contributed by atoms with van der Waals surface area (Å²) in [5.41, 5.74) is 3.09. The van der Waals surface area contributed by atoms with Crippen molar-refractivity contribution in [2.45, 2.75) is 64.0 Å². The molecule has 2 atom stereocenters. The molecule has 1 aliphatic heterocycles. The van der Waals surface area contributed by atoms with Crippen LogP contribution in [0.3, 0.4) is 0 Å². The van der Waals surface area contributed by atoms with Gasteiger partial charge in [0.25, 0.3) is 0 Å². The van der Waals surface area contributed by atoms with Gasteiger partial charge >= 0.3 is 0 Å². The molecule has 1 saturated heterocycles. The Bertz CT molecular complexity index is 441. The summed E-state index contributed by atoms with van der Waals surface area (Å²) in [7, 11) is 0. The van der Waals surface area contributed by atoms with Crippen LogP contribution in [0.4, 0.5) is 5.69 Å². The maximum atomic E-state index is 3.71. The average molecular weight is 272 g/mol. The minimum Gasteiger partial charge on any atom is -0.366 e. The smallest absolute Gasteiger partial charge is 0.0443 e. The maximum absolute atomic E-state index is 3.71. The summed E-state index contributed by atoms with van der Waals surface area (Å²) < 4.78 is 0. The lowest BCUT2D eigenvalue weighted by Gasteiger charge is -2.46. The zero-order valence-corrected chi connectivity index (χ0v) is 13.2. The Morgan fingerprint density at radius 3 is 2.45 bits per heavy atom. The zero-order chi connectivity index (χ0) is 14.2. The van der Waals surface area contributed by atoms with Crippen LogP contribution in [-0.2, 0) is 5.41 Å². The van der Waals surface area contributed by atoms with Gasteiger partial charge in [0.15, 0.2) is 0 Å². The fraction of sp³-hybridized carbons (Fsp3) is 0.667. The number of nitrogens with zero attached hydrogens (tertiary/aromatic N) is 1. The van der Waals surface area contributed by atoms with E-state index in [1.807, 2.05) is 0 Å². The van der Waals surface area contributed by atoms with E-state index in [2.05, 4.69) is 55.3 Å². The summed E-state index contributed by atoms with van der Waals surface area (Å²) in [6, 6.07) is 10.7. The highest BCUT2D eigenvalue weighted by Gasteiger charge is 2.33. The van der Waals surface area contributed by atoms with E-state index in [9.17, 15) is 0 Å². The predicted octanol–water partition coefficient (Wildman–Crippen LogP) is 3.70. The van der Waals surface area contributed by atoms with Crippen LogP contribution in [0.15, 0.2) is 24.3 Å². The van der Waals surface area contributed by atoms with Crippen molar-refractivity contribution in [2.24, 2.45) is 0 Å². The van der Waals surface area contributed by atoms with Gasteiger partial charge in [-0.2, -0.15) is 0 Å². The minimum absolute atomic E-state index is 0.245. The van der Waals surface area contributed by atoms with E-state index in [1.54, 1.807) is 0 Å². The molecule has 2 heteroatoms. The molecule has 0 unspecified atom stereocenters. The number of anilines is 1. The van der Waals surface area contributed by atoms with Crippen LogP contribution in [0.1, 0.15) is 52.0 Å². The summed E-state index contributed by atoms with van der Waals surface area (Å²) in [5, 5.41) is 3.71. The van der Waals surface area contributed by atoms with Crippen LogP contribution in [0.5, 0.6) is 0 Å². The lowest BCUT2D eigenvalue weighted by atomic mass is 9.85. The van der Waals surface area contributed by atoms with E-state index in [1.165, 1.54) is 36.9 Å². The van der Waals surface area contributed by atoms with Crippen LogP contribution in [0.25, 0.3) is 0 Å². The van der Waals surface area contributed by atoms with Crippen molar-refractivity contribution in [3.8, 4) is 0 Å². The first-order chi connectivity index (χ1) is 9.55. The molecule has 2 fully saturated rings. The van der Waals surface area contributed by atoms with Crippen LogP contribution in [0.2, 0.25) is 0 Å². The molecular formula is C18H28N2. The average Bonchev–Trinajstić information content (AvgIpc) is 2.46. The van der Waals surface area contributed by atoms with E-state index < -0.39 is 0 Å². The highest BCUT2D eigenvalue weighted by molar-refractivity contribution is 5.50. The van der Waals surface area contributed by atoms with Gasteiger partial charge in [0, 0.05) is 30.9 Å². The van der Waals surface area contributed by atoms with Gasteiger partial charge in [-0.05, 0) is 36.0 Å². The molecule has 1 saturated carbocycles. The Morgan fingerprint density at radius 1 is 1.05 bits per heavy atom. The number of fused-ring (bicyclic) bond motifs is 1. The van der Waals surface area contributed by atoms with Gasteiger partial charge in [-0.25, -0.2) is 0 Å². The van der Waals surface area contributed by atoms with Gasteiger partial charge in [-0.15, -0.1) is 0 Å². The summed E-state index contributed by atoms with van der Waals surface area (Å²) in [6.45, 7) is 9.12. The van der Waals surface area contributed by atoms with Crippen molar-refractivity contribution < 1.29 is 0 Å². The first-order valence-corrected chi connectivity index (χ1v) is 8.16. The SMILES string of the molecule is CC(C)(C)c1ccc(N2CCN[C@@H]3CCCC[C@H]32)cc1. The second kappa shape index (κ2) is 5.40. The molecule has 110 valence electrons. The molecule has 1 N–H and O–H groups in total. The van der Waals surface area contributed by atoms with Gasteiger partial charge in [0.1, 0.15) is 0 Å². The summed E-state index contributed by atoms with van der Waals surface area (Å²) in [5.74, 6) is 0. The molecule has 3 rings (SSSR count). The molecule has 2 aliphatic rings. The molecule has 0 amide bonds. The predicted molar refractivity (Wildman–Crippen MR) is 86.5 cm³/mol. The Balaban J connectivity index is 1.80. The highest BCUT2D eigenvalue weighted by atomic mass is 15.2. The highest BCUT2D eigenvalue weighted by Crippen LogP contribution is 2.31. The molecule has 0 bridgehead atoms. The normalized spacial score (nSPS) is 27.2. The number of hydrogen-bond acceptors (Lipinski definition) is 2. The molecule has 0 aromatic heterocycles. The number of nitrogens with one attached hydrogen (secondary N) is 1. The summed E-state index contributed by atoms with van der Waals surface area (Å²) in [4.78, 5) is 2.65. The first-order valence-electron chi connectivity index (χ1n) is 8.16. The molecule has 20 heavy (non-hydrogen) atoms. The molecule has 1 aliphatic carbocycles. The third kappa shape index (κ3) is 2.71. The van der Waals surface area contributed by atoms with Crippen LogP contribution in [0, 0.1) is 0 Å². The number of piperazine rings is 1. The van der Waals surface area contributed by atoms with Crippen LogP contribution >= 0.6 is 0 Å². The van der Waals surface area contributed by atoms with E-state index in [-0.39, 0.29) is 5.41 Å². The van der Waals surface area contributed by atoms with Gasteiger partial charge < -0.3 is 10.2 Å². The fourth-order valence-corrected chi connectivity index (χ4v) is 3.73. The van der Waals surface area contributed by atoms with E-state index >= 15 is 0 Å². The van der Waals surface area contributed by atoms with Crippen LogP contribution in [-0.4, -0.2) is 25.2 Å². The Labute approximate surface area is 123 Å². The topological polar surface area (TPSA) is 15.3 Å². The van der Waals surface area contributed by atoms with Crippen molar-refractivity contribution in [1.29, 1.82) is 0 Å². The Morgan fingerprint density at radius 2 is 1.75 bits per heavy atom. The molecule has 1 aromatic rings. The van der Waals surface area contributed by atoms with Gasteiger partial charge in [0.2, 0.25) is 0 Å². The molecule has 2 nitrogen and oxygen atoms in total. The zero-order valence-electron chi connectivity index (χ0n) is 13.2.